The number of nitrogens with one attached hydrogen (secondary N) is 1. The summed E-state index contributed by atoms with van der Waals surface area (Å²) in [5, 5.41) is 4.15. The SMILES string of the molecule is CC(Nc1ccc(C(N)=S)cc1F)c1ccc(Cl)cc1Cl. The normalized spacial score (nSPS) is 12.0. The Balaban J connectivity index is 2.23. The zero-order chi connectivity index (χ0) is 15.6. The lowest BCUT2D eigenvalue weighted by Crippen LogP contribution is -2.12. The van der Waals surface area contributed by atoms with Crippen molar-refractivity contribution in [2.45, 2.75) is 13.0 Å². The van der Waals surface area contributed by atoms with Crippen LogP contribution >= 0.6 is 35.4 Å². The van der Waals surface area contributed by atoms with Crippen LogP contribution in [0.25, 0.3) is 0 Å². The van der Waals surface area contributed by atoms with Gasteiger partial charge in [0.2, 0.25) is 0 Å². The number of halogens is 3. The minimum absolute atomic E-state index is 0.161. The number of hydrogen-bond donors (Lipinski definition) is 2. The molecule has 0 heterocycles. The Morgan fingerprint density at radius 2 is 1.95 bits per heavy atom. The van der Waals surface area contributed by atoms with Gasteiger partial charge in [0.15, 0.2) is 0 Å². The lowest BCUT2D eigenvalue weighted by Gasteiger charge is -2.18. The fraction of sp³-hybridized carbons (Fsp3) is 0.133. The Labute approximate surface area is 138 Å². The zero-order valence-corrected chi connectivity index (χ0v) is 13.5. The third kappa shape index (κ3) is 3.84. The fourth-order valence-electron chi connectivity index (χ4n) is 1.95. The molecule has 0 aromatic heterocycles. The molecule has 0 aliphatic heterocycles. The van der Waals surface area contributed by atoms with Crippen molar-refractivity contribution in [2.75, 3.05) is 5.32 Å². The minimum atomic E-state index is -0.419. The second-order valence-electron chi connectivity index (χ2n) is 4.59. The van der Waals surface area contributed by atoms with E-state index >= 15 is 0 Å². The lowest BCUT2D eigenvalue weighted by molar-refractivity contribution is 0.627. The summed E-state index contributed by atoms with van der Waals surface area (Å²) < 4.78 is 14.0. The van der Waals surface area contributed by atoms with Gasteiger partial charge in [-0.25, -0.2) is 4.39 Å². The number of benzene rings is 2. The maximum atomic E-state index is 14.0. The molecule has 21 heavy (non-hydrogen) atoms. The first kappa shape index (κ1) is 16.0. The van der Waals surface area contributed by atoms with Crippen LogP contribution in [0.3, 0.4) is 0 Å². The summed E-state index contributed by atoms with van der Waals surface area (Å²) in [6, 6.07) is 9.61. The average molecular weight is 343 g/mol. The average Bonchev–Trinajstić information content (AvgIpc) is 2.40. The third-order valence-electron chi connectivity index (χ3n) is 3.05. The molecule has 0 amide bonds. The van der Waals surface area contributed by atoms with Crippen LogP contribution in [0.1, 0.15) is 24.1 Å². The number of rotatable bonds is 4. The van der Waals surface area contributed by atoms with E-state index in [0.717, 1.165) is 5.56 Å². The summed E-state index contributed by atoms with van der Waals surface area (Å²) in [7, 11) is 0. The molecule has 0 radical (unpaired) electrons. The molecule has 0 saturated carbocycles. The van der Waals surface area contributed by atoms with Gasteiger partial charge < -0.3 is 11.1 Å². The Morgan fingerprint density at radius 1 is 1.24 bits per heavy atom. The summed E-state index contributed by atoms with van der Waals surface area (Å²) in [5.74, 6) is -0.419. The Morgan fingerprint density at radius 3 is 2.52 bits per heavy atom. The van der Waals surface area contributed by atoms with Gasteiger partial charge in [-0.2, -0.15) is 0 Å². The maximum Gasteiger partial charge on any atom is 0.147 e. The van der Waals surface area contributed by atoms with Gasteiger partial charge >= 0.3 is 0 Å². The van der Waals surface area contributed by atoms with Gasteiger partial charge in [0.1, 0.15) is 10.8 Å². The van der Waals surface area contributed by atoms with E-state index < -0.39 is 5.82 Å². The highest BCUT2D eigenvalue weighted by molar-refractivity contribution is 7.80. The van der Waals surface area contributed by atoms with Gasteiger partial charge in [-0.1, -0.05) is 41.5 Å². The van der Waals surface area contributed by atoms with Gasteiger partial charge in [-0.05, 0) is 42.8 Å². The van der Waals surface area contributed by atoms with Crippen molar-refractivity contribution in [3.05, 3.63) is 63.4 Å². The molecule has 0 fully saturated rings. The van der Waals surface area contributed by atoms with Gasteiger partial charge in [-0.15, -0.1) is 0 Å². The van der Waals surface area contributed by atoms with Crippen molar-refractivity contribution < 1.29 is 4.39 Å². The van der Waals surface area contributed by atoms with E-state index in [0.29, 0.717) is 21.3 Å². The van der Waals surface area contributed by atoms with E-state index in [1.54, 1.807) is 24.3 Å². The van der Waals surface area contributed by atoms with Gasteiger partial charge in [0.05, 0.1) is 11.7 Å². The molecule has 2 rings (SSSR count). The molecule has 3 N–H and O–H groups in total. The largest absolute Gasteiger partial charge is 0.389 e. The van der Waals surface area contributed by atoms with Gasteiger partial charge in [-0.3, -0.25) is 0 Å². The molecule has 110 valence electrons. The summed E-state index contributed by atoms with van der Waals surface area (Å²) in [6.45, 7) is 1.88. The highest BCUT2D eigenvalue weighted by Gasteiger charge is 2.13. The molecule has 0 aliphatic carbocycles. The van der Waals surface area contributed by atoms with Crippen LogP contribution in [0.4, 0.5) is 10.1 Å². The molecule has 2 aromatic rings. The van der Waals surface area contributed by atoms with E-state index in [9.17, 15) is 4.39 Å². The van der Waals surface area contributed by atoms with Crippen molar-refractivity contribution in [3.63, 3.8) is 0 Å². The van der Waals surface area contributed by atoms with Crippen molar-refractivity contribution in [1.29, 1.82) is 0 Å². The summed E-state index contributed by atoms with van der Waals surface area (Å²) >= 11 is 16.8. The first-order chi connectivity index (χ1) is 9.88. The van der Waals surface area contributed by atoms with E-state index in [1.165, 1.54) is 6.07 Å². The number of hydrogen-bond acceptors (Lipinski definition) is 2. The van der Waals surface area contributed by atoms with E-state index in [2.05, 4.69) is 5.32 Å². The third-order valence-corrected chi connectivity index (χ3v) is 3.85. The first-order valence-electron chi connectivity index (χ1n) is 6.19. The highest BCUT2D eigenvalue weighted by atomic mass is 35.5. The second-order valence-corrected chi connectivity index (χ2v) is 5.87. The van der Waals surface area contributed by atoms with Gasteiger partial charge in [0, 0.05) is 15.6 Å². The Hall–Kier alpha value is -1.36. The van der Waals surface area contributed by atoms with Crippen molar-refractivity contribution >= 4 is 46.1 Å². The molecular formula is C15H13Cl2FN2S. The van der Waals surface area contributed by atoms with Crippen LogP contribution in [0.5, 0.6) is 0 Å². The van der Waals surface area contributed by atoms with Crippen molar-refractivity contribution in [3.8, 4) is 0 Å². The van der Waals surface area contributed by atoms with Crippen LogP contribution < -0.4 is 11.1 Å². The predicted molar refractivity (Wildman–Crippen MR) is 90.8 cm³/mol. The van der Waals surface area contributed by atoms with E-state index in [4.69, 9.17) is 41.2 Å². The van der Waals surface area contributed by atoms with Crippen molar-refractivity contribution in [1.82, 2.24) is 0 Å². The fourth-order valence-corrected chi connectivity index (χ4v) is 2.65. The number of thiocarbonyl (C=S) groups is 1. The smallest absolute Gasteiger partial charge is 0.147 e. The monoisotopic (exact) mass is 342 g/mol. The molecule has 1 atom stereocenters. The topological polar surface area (TPSA) is 38.0 Å². The standard InChI is InChI=1S/C15H13Cl2FN2S/c1-8(11-4-3-10(16)7-12(11)17)20-14-5-2-9(15(19)21)6-13(14)18/h2-8,20H,1H3,(H2,19,21). The molecular weight excluding hydrogens is 330 g/mol. The summed E-state index contributed by atoms with van der Waals surface area (Å²) in [6.07, 6.45) is 0. The lowest BCUT2D eigenvalue weighted by atomic mass is 10.1. The van der Waals surface area contributed by atoms with Crippen LogP contribution in [0.15, 0.2) is 36.4 Å². The van der Waals surface area contributed by atoms with Crippen LogP contribution in [0, 0.1) is 5.82 Å². The molecule has 2 aromatic carbocycles. The van der Waals surface area contributed by atoms with Crippen molar-refractivity contribution in [2.24, 2.45) is 5.73 Å². The number of anilines is 1. The van der Waals surface area contributed by atoms with E-state index in [1.807, 2.05) is 13.0 Å². The Kier molecular flexibility index (Phi) is 5.04. The first-order valence-corrected chi connectivity index (χ1v) is 7.35. The molecule has 2 nitrogen and oxygen atoms in total. The highest BCUT2D eigenvalue weighted by Crippen LogP contribution is 2.29. The van der Waals surface area contributed by atoms with Crippen LogP contribution in [0.2, 0.25) is 10.0 Å². The van der Waals surface area contributed by atoms with E-state index in [-0.39, 0.29) is 11.0 Å². The molecule has 0 bridgehead atoms. The molecule has 1 unspecified atom stereocenters. The quantitative estimate of drug-likeness (QED) is 0.772. The molecule has 0 spiro atoms. The minimum Gasteiger partial charge on any atom is -0.389 e. The van der Waals surface area contributed by atoms with Crippen LogP contribution in [-0.4, -0.2) is 4.99 Å². The Bertz CT molecular complexity index is 691. The maximum absolute atomic E-state index is 14.0. The summed E-state index contributed by atoms with van der Waals surface area (Å²) in [4.78, 5) is 0.161. The summed E-state index contributed by atoms with van der Waals surface area (Å²) in [5.41, 5.74) is 7.15. The predicted octanol–water partition coefficient (Wildman–Crippen LogP) is 4.94. The number of nitrogens with two attached hydrogens (primary N) is 1. The molecule has 0 saturated heterocycles. The van der Waals surface area contributed by atoms with Gasteiger partial charge in [0.25, 0.3) is 0 Å². The van der Waals surface area contributed by atoms with Crippen LogP contribution in [-0.2, 0) is 0 Å². The molecule has 6 heteroatoms. The second kappa shape index (κ2) is 6.60. The zero-order valence-electron chi connectivity index (χ0n) is 11.2. The molecule has 0 aliphatic rings.